The average Bonchev–Trinajstić information content (AvgIpc) is 3.27. The van der Waals surface area contributed by atoms with Crippen molar-refractivity contribution in [1.29, 1.82) is 0 Å². The number of nitrogens with one attached hydrogen (secondary N) is 1. The molecule has 2 aromatic rings. The zero-order chi connectivity index (χ0) is 24.6. The maximum absolute atomic E-state index is 12.3. The third kappa shape index (κ3) is 5.68. The molecule has 4 amide bonds. The summed E-state index contributed by atoms with van der Waals surface area (Å²) in [6.07, 6.45) is 7.92. The van der Waals surface area contributed by atoms with Crippen LogP contribution in [-0.4, -0.2) is 59.6 Å². The lowest BCUT2D eigenvalue weighted by Gasteiger charge is -2.13. The van der Waals surface area contributed by atoms with Crippen molar-refractivity contribution in [3.8, 4) is 0 Å². The van der Waals surface area contributed by atoms with Crippen molar-refractivity contribution in [2.24, 2.45) is 0 Å². The lowest BCUT2D eigenvalue weighted by molar-refractivity contribution is 0.0636. The van der Waals surface area contributed by atoms with Gasteiger partial charge in [0.25, 0.3) is 23.6 Å². The molecular formula is C28H33N3O4. The molecule has 0 saturated carbocycles. The molecule has 0 aliphatic carbocycles. The van der Waals surface area contributed by atoms with E-state index < -0.39 is 0 Å². The van der Waals surface area contributed by atoms with Gasteiger partial charge in [0.15, 0.2) is 0 Å². The van der Waals surface area contributed by atoms with Crippen LogP contribution in [0.4, 0.5) is 0 Å². The highest BCUT2D eigenvalue weighted by Gasteiger charge is 2.35. The Hall–Kier alpha value is -3.32. The second-order valence-corrected chi connectivity index (χ2v) is 9.19. The van der Waals surface area contributed by atoms with Gasteiger partial charge in [-0.25, -0.2) is 0 Å². The van der Waals surface area contributed by atoms with Gasteiger partial charge in [-0.3, -0.25) is 29.0 Å². The first-order valence-corrected chi connectivity index (χ1v) is 12.7. The molecule has 7 nitrogen and oxygen atoms in total. The largest absolute Gasteiger partial charge is 0.317 e. The molecule has 0 unspecified atom stereocenters. The Labute approximate surface area is 206 Å². The summed E-state index contributed by atoms with van der Waals surface area (Å²) in [7, 11) is 0. The first kappa shape index (κ1) is 24.8. The van der Waals surface area contributed by atoms with E-state index in [2.05, 4.69) is 5.32 Å². The molecule has 2 aliphatic rings. The number of hydrogen-bond donors (Lipinski definition) is 1. The van der Waals surface area contributed by atoms with Gasteiger partial charge in [0.1, 0.15) is 0 Å². The van der Waals surface area contributed by atoms with Gasteiger partial charge in [-0.2, -0.15) is 0 Å². The molecule has 2 aliphatic heterocycles. The Morgan fingerprint density at radius 2 is 0.771 bits per heavy atom. The van der Waals surface area contributed by atoms with E-state index in [0.717, 1.165) is 64.5 Å². The summed E-state index contributed by atoms with van der Waals surface area (Å²) >= 11 is 0. The Kier molecular flexibility index (Phi) is 8.42. The van der Waals surface area contributed by atoms with Crippen LogP contribution in [0, 0.1) is 0 Å². The number of fused-ring (bicyclic) bond motifs is 2. The van der Waals surface area contributed by atoms with Gasteiger partial charge in [-0.15, -0.1) is 0 Å². The third-order valence-electron chi connectivity index (χ3n) is 6.73. The number of imide groups is 2. The smallest absolute Gasteiger partial charge is 0.261 e. The minimum Gasteiger partial charge on any atom is -0.317 e. The summed E-state index contributed by atoms with van der Waals surface area (Å²) < 4.78 is 0. The topological polar surface area (TPSA) is 86.8 Å². The van der Waals surface area contributed by atoms with Gasteiger partial charge >= 0.3 is 0 Å². The predicted molar refractivity (Wildman–Crippen MR) is 133 cm³/mol. The van der Waals surface area contributed by atoms with Crippen molar-refractivity contribution in [3.05, 3.63) is 70.8 Å². The lowest BCUT2D eigenvalue weighted by Crippen LogP contribution is -2.30. The molecule has 2 aromatic carbocycles. The third-order valence-corrected chi connectivity index (χ3v) is 6.73. The Balaban J connectivity index is 0.976. The zero-order valence-electron chi connectivity index (χ0n) is 20.1. The van der Waals surface area contributed by atoms with Crippen LogP contribution in [0.1, 0.15) is 92.8 Å². The van der Waals surface area contributed by atoms with Gasteiger partial charge in [-0.05, 0) is 63.0 Å². The number of amides is 4. The number of unbranched alkanes of at least 4 members (excludes halogenated alkanes) is 6. The molecule has 7 heteroatoms. The van der Waals surface area contributed by atoms with E-state index >= 15 is 0 Å². The van der Waals surface area contributed by atoms with Crippen molar-refractivity contribution < 1.29 is 19.2 Å². The van der Waals surface area contributed by atoms with E-state index in [1.165, 1.54) is 9.80 Å². The molecule has 0 radical (unpaired) electrons. The highest BCUT2D eigenvalue weighted by molar-refractivity contribution is 6.22. The van der Waals surface area contributed by atoms with Gasteiger partial charge in [0.05, 0.1) is 22.3 Å². The van der Waals surface area contributed by atoms with E-state index in [-0.39, 0.29) is 23.6 Å². The van der Waals surface area contributed by atoms with E-state index in [1.54, 1.807) is 48.5 Å². The number of carbonyl (C=O) groups excluding carboxylic acids is 4. The minimum absolute atomic E-state index is 0.170. The molecule has 0 saturated heterocycles. The molecule has 1 N–H and O–H groups in total. The Bertz CT molecular complexity index is 942. The van der Waals surface area contributed by atoms with Gasteiger partial charge in [0, 0.05) is 13.1 Å². The van der Waals surface area contributed by atoms with Crippen LogP contribution in [0.25, 0.3) is 0 Å². The average molecular weight is 476 g/mol. The molecule has 184 valence electrons. The first-order valence-electron chi connectivity index (χ1n) is 12.7. The molecule has 4 rings (SSSR count). The molecular weight excluding hydrogens is 442 g/mol. The van der Waals surface area contributed by atoms with Gasteiger partial charge in [0.2, 0.25) is 0 Å². The van der Waals surface area contributed by atoms with Crippen LogP contribution >= 0.6 is 0 Å². The fourth-order valence-corrected chi connectivity index (χ4v) is 4.76. The first-order chi connectivity index (χ1) is 17.1. The number of carbonyl (C=O) groups is 4. The SMILES string of the molecule is O=C1c2ccccc2C(=O)N1CCCCCCNCCCCCCN1C(=O)c2ccccc2C1=O. The molecule has 35 heavy (non-hydrogen) atoms. The standard InChI is InChI=1S/C28H33N3O4/c32-25-21-13-5-6-14-22(21)26(33)30(25)19-11-3-1-9-17-29-18-10-2-4-12-20-31-27(34)23-15-7-8-16-24(23)28(31)35/h5-8,13-16,29H,1-4,9-12,17-20H2. The van der Waals surface area contributed by atoms with Crippen molar-refractivity contribution >= 4 is 23.6 Å². The lowest BCUT2D eigenvalue weighted by atomic mass is 10.1. The molecule has 2 heterocycles. The summed E-state index contributed by atoms with van der Waals surface area (Å²) in [6, 6.07) is 14.0. The fraction of sp³-hybridized carbons (Fsp3) is 0.429. The van der Waals surface area contributed by atoms with Crippen LogP contribution in [0.3, 0.4) is 0 Å². The number of nitrogens with zero attached hydrogens (tertiary/aromatic N) is 2. The van der Waals surface area contributed by atoms with Crippen LogP contribution < -0.4 is 5.32 Å². The fourth-order valence-electron chi connectivity index (χ4n) is 4.76. The van der Waals surface area contributed by atoms with Gasteiger partial charge in [-0.1, -0.05) is 49.9 Å². The Morgan fingerprint density at radius 3 is 1.11 bits per heavy atom. The predicted octanol–water partition coefficient (Wildman–Crippen LogP) is 4.29. The maximum Gasteiger partial charge on any atom is 0.261 e. The van der Waals surface area contributed by atoms with Crippen molar-refractivity contribution in [3.63, 3.8) is 0 Å². The van der Waals surface area contributed by atoms with E-state index in [0.29, 0.717) is 35.3 Å². The normalized spacial score (nSPS) is 14.7. The molecule has 0 bridgehead atoms. The second kappa shape index (κ2) is 11.9. The minimum atomic E-state index is -0.170. The Morgan fingerprint density at radius 1 is 0.457 bits per heavy atom. The number of rotatable bonds is 14. The summed E-state index contributed by atoms with van der Waals surface area (Å²) in [4.78, 5) is 52.1. The second-order valence-electron chi connectivity index (χ2n) is 9.19. The van der Waals surface area contributed by atoms with E-state index in [4.69, 9.17) is 0 Å². The van der Waals surface area contributed by atoms with Crippen molar-refractivity contribution in [1.82, 2.24) is 15.1 Å². The summed E-state index contributed by atoms with van der Waals surface area (Å²) in [5.41, 5.74) is 2.08. The highest BCUT2D eigenvalue weighted by Crippen LogP contribution is 2.24. The molecule has 0 fully saturated rings. The zero-order valence-corrected chi connectivity index (χ0v) is 20.1. The quantitative estimate of drug-likeness (QED) is 0.325. The van der Waals surface area contributed by atoms with Crippen LogP contribution in [-0.2, 0) is 0 Å². The van der Waals surface area contributed by atoms with E-state index in [1.807, 2.05) is 0 Å². The summed E-state index contributed by atoms with van der Waals surface area (Å²) in [5.74, 6) is -0.682. The van der Waals surface area contributed by atoms with Crippen LogP contribution in [0.5, 0.6) is 0 Å². The highest BCUT2D eigenvalue weighted by atomic mass is 16.2. The maximum atomic E-state index is 12.3. The summed E-state index contributed by atoms with van der Waals surface area (Å²) in [6.45, 7) is 2.89. The number of hydrogen-bond acceptors (Lipinski definition) is 5. The molecule has 0 atom stereocenters. The monoisotopic (exact) mass is 475 g/mol. The van der Waals surface area contributed by atoms with Crippen LogP contribution in [0.2, 0.25) is 0 Å². The van der Waals surface area contributed by atoms with Crippen molar-refractivity contribution in [2.75, 3.05) is 26.2 Å². The van der Waals surface area contributed by atoms with E-state index in [9.17, 15) is 19.2 Å². The number of benzene rings is 2. The van der Waals surface area contributed by atoms with Crippen LogP contribution in [0.15, 0.2) is 48.5 Å². The van der Waals surface area contributed by atoms with Crippen molar-refractivity contribution in [2.45, 2.75) is 51.4 Å². The molecule has 0 spiro atoms. The summed E-state index contributed by atoms with van der Waals surface area (Å²) in [5, 5.41) is 3.46. The molecule has 0 aromatic heterocycles. The van der Waals surface area contributed by atoms with Gasteiger partial charge < -0.3 is 5.32 Å².